The molecule has 2 heteroatoms. The maximum Gasteiger partial charge on any atom is 0.155 e. The van der Waals surface area contributed by atoms with Crippen LogP contribution < -0.4 is 0 Å². The third-order valence-electron chi connectivity index (χ3n) is 1.34. The SMILES string of the molecule is [2H]C([2H])([2H])C(=O)COCc1ccccc1. The summed E-state index contributed by atoms with van der Waals surface area (Å²) in [4.78, 5) is 11.0. The van der Waals surface area contributed by atoms with Crippen LogP contribution in [0.3, 0.4) is 0 Å². The Kier molecular flexibility index (Phi) is 2.14. The lowest BCUT2D eigenvalue weighted by Crippen LogP contribution is -2.03. The van der Waals surface area contributed by atoms with E-state index in [-0.39, 0.29) is 13.2 Å². The number of rotatable bonds is 4. The highest BCUT2D eigenvalue weighted by molar-refractivity contribution is 5.76. The van der Waals surface area contributed by atoms with E-state index in [0.29, 0.717) is 0 Å². The summed E-state index contributed by atoms with van der Waals surface area (Å²) in [6.07, 6.45) is 0. The molecule has 0 aliphatic carbocycles. The number of benzene rings is 1. The van der Waals surface area contributed by atoms with Gasteiger partial charge in [0.05, 0.1) is 6.61 Å². The van der Waals surface area contributed by atoms with E-state index in [4.69, 9.17) is 8.85 Å². The number of ether oxygens (including phenoxy) is 1. The highest BCUT2D eigenvalue weighted by Crippen LogP contribution is 1.99. The zero-order chi connectivity index (χ0) is 11.3. The topological polar surface area (TPSA) is 26.3 Å². The van der Waals surface area contributed by atoms with Crippen molar-refractivity contribution in [3.8, 4) is 0 Å². The normalized spacial score (nSPS) is 14.5. The van der Waals surface area contributed by atoms with Crippen molar-refractivity contribution in [2.24, 2.45) is 0 Å². The first-order chi connectivity index (χ1) is 7.00. The number of carbonyl (C=O) groups excluding carboxylic acids is 1. The molecule has 0 N–H and O–H groups in total. The van der Waals surface area contributed by atoms with Gasteiger partial charge in [0, 0.05) is 4.11 Å². The van der Waals surface area contributed by atoms with Crippen molar-refractivity contribution in [3.63, 3.8) is 0 Å². The quantitative estimate of drug-likeness (QED) is 0.683. The van der Waals surface area contributed by atoms with Gasteiger partial charge in [0.2, 0.25) is 0 Å². The van der Waals surface area contributed by atoms with Crippen molar-refractivity contribution in [1.29, 1.82) is 0 Å². The van der Waals surface area contributed by atoms with Crippen LogP contribution in [0.2, 0.25) is 0 Å². The lowest BCUT2D eigenvalue weighted by molar-refractivity contribution is -0.121. The Bertz CT molecular complexity index is 319. The van der Waals surface area contributed by atoms with Crippen molar-refractivity contribution in [3.05, 3.63) is 35.9 Å². The van der Waals surface area contributed by atoms with E-state index < -0.39 is 12.6 Å². The Morgan fingerprint density at radius 3 is 2.92 bits per heavy atom. The standard InChI is InChI=1S/C10H12O2/c1-9(11)7-12-8-10-5-3-2-4-6-10/h2-6H,7-8H2,1H3/i1D3. The van der Waals surface area contributed by atoms with Gasteiger partial charge in [-0.2, -0.15) is 0 Å². The van der Waals surface area contributed by atoms with Crippen LogP contribution in [-0.4, -0.2) is 12.4 Å². The van der Waals surface area contributed by atoms with Gasteiger partial charge in [-0.25, -0.2) is 0 Å². The highest BCUT2D eigenvalue weighted by Gasteiger charge is 1.93. The zero-order valence-corrected chi connectivity index (χ0v) is 6.62. The number of Topliss-reactive ketones (excluding diaryl/α,β-unsaturated/α-hetero) is 1. The monoisotopic (exact) mass is 167 g/mol. The molecule has 0 aromatic heterocycles. The van der Waals surface area contributed by atoms with Crippen LogP contribution in [0.15, 0.2) is 30.3 Å². The average Bonchev–Trinajstić information content (AvgIpc) is 2.18. The van der Waals surface area contributed by atoms with Gasteiger partial charge in [-0.05, 0) is 12.4 Å². The minimum atomic E-state index is -2.56. The van der Waals surface area contributed by atoms with E-state index in [2.05, 4.69) is 0 Å². The summed E-state index contributed by atoms with van der Waals surface area (Å²) in [5.41, 5.74) is 0.913. The van der Waals surface area contributed by atoms with E-state index in [1.54, 1.807) is 0 Å². The second-order valence-corrected chi connectivity index (χ2v) is 2.40. The molecule has 2 nitrogen and oxygen atoms in total. The van der Waals surface area contributed by atoms with Crippen LogP contribution in [0.5, 0.6) is 0 Å². The summed E-state index contributed by atoms with van der Waals surface area (Å²) < 4.78 is 25.5. The van der Waals surface area contributed by atoms with Gasteiger partial charge < -0.3 is 4.74 Å². The average molecular weight is 167 g/mol. The van der Waals surface area contributed by atoms with Crippen LogP contribution >= 0.6 is 0 Å². The molecule has 64 valence electrons. The first kappa shape index (κ1) is 5.49. The van der Waals surface area contributed by atoms with E-state index in [0.717, 1.165) is 5.56 Å². The molecule has 0 radical (unpaired) electrons. The molecule has 12 heavy (non-hydrogen) atoms. The largest absolute Gasteiger partial charge is 0.369 e. The molecule has 0 fully saturated rings. The predicted molar refractivity (Wildman–Crippen MR) is 46.8 cm³/mol. The molecule has 0 bridgehead atoms. The first-order valence-corrected chi connectivity index (χ1v) is 3.65. The summed E-state index contributed by atoms with van der Waals surface area (Å²) in [7, 11) is 0. The molecule has 1 aromatic carbocycles. The molecule has 0 saturated carbocycles. The molecule has 0 atom stereocenters. The minimum Gasteiger partial charge on any atom is -0.369 e. The maximum atomic E-state index is 11.0. The number of hydrogen-bond acceptors (Lipinski definition) is 2. The fourth-order valence-electron chi connectivity index (χ4n) is 0.836. The van der Waals surface area contributed by atoms with Crippen LogP contribution in [-0.2, 0) is 16.1 Å². The molecule has 0 saturated heterocycles. The molecular formula is C10H12O2. The number of hydrogen-bond donors (Lipinski definition) is 0. The Balaban J connectivity index is 2.32. The fraction of sp³-hybridized carbons (Fsp3) is 0.300. The van der Waals surface area contributed by atoms with E-state index in [9.17, 15) is 4.79 Å². The second-order valence-electron chi connectivity index (χ2n) is 2.40. The smallest absolute Gasteiger partial charge is 0.155 e. The van der Waals surface area contributed by atoms with Gasteiger partial charge in [-0.15, -0.1) is 0 Å². The van der Waals surface area contributed by atoms with Crippen molar-refractivity contribution < 1.29 is 13.6 Å². The van der Waals surface area contributed by atoms with Gasteiger partial charge in [0.25, 0.3) is 0 Å². The molecule has 1 aromatic rings. The molecule has 0 heterocycles. The molecule has 0 unspecified atom stereocenters. The van der Waals surface area contributed by atoms with Gasteiger partial charge in [0.15, 0.2) is 5.78 Å². The Hall–Kier alpha value is -1.15. The van der Waals surface area contributed by atoms with Crippen LogP contribution in [0.25, 0.3) is 0 Å². The predicted octanol–water partition coefficient (Wildman–Crippen LogP) is 1.79. The summed E-state index contributed by atoms with van der Waals surface area (Å²) in [6.45, 7) is -2.68. The Labute approximate surface area is 76.4 Å². The third-order valence-corrected chi connectivity index (χ3v) is 1.34. The van der Waals surface area contributed by atoms with Crippen molar-refractivity contribution in [2.45, 2.75) is 13.5 Å². The van der Waals surface area contributed by atoms with E-state index in [1.807, 2.05) is 30.3 Å². The van der Waals surface area contributed by atoms with Gasteiger partial charge in [-0.1, -0.05) is 30.3 Å². The van der Waals surface area contributed by atoms with Gasteiger partial charge >= 0.3 is 0 Å². The minimum absolute atomic E-state index is 0.253. The van der Waals surface area contributed by atoms with Gasteiger partial charge in [0.1, 0.15) is 6.61 Å². The van der Waals surface area contributed by atoms with Crippen molar-refractivity contribution in [1.82, 2.24) is 0 Å². The number of carbonyl (C=O) groups is 1. The summed E-state index contributed by atoms with van der Waals surface area (Å²) in [5.74, 6) is -0.863. The maximum absolute atomic E-state index is 11.0. The second kappa shape index (κ2) is 4.67. The zero-order valence-electron chi connectivity index (χ0n) is 9.62. The van der Waals surface area contributed by atoms with Crippen molar-refractivity contribution in [2.75, 3.05) is 6.61 Å². The highest BCUT2D eigenvalue weighted by atomic mass is 16.5. The molecule has 0 aliphatic rings. The molecule has 0 aliphatic heterocycles. The fourth-order valence-corrected chi connectivity index (χ4v) is 0.836. The molecular weight excluding hydrogens is 152 g/mol. The van der Waals surface area contributed by atoms with Gasteiger partial charge in [-0.3, -0.25) is 4.79 Å². The van der Waals surface area contributed by atoms with E-state index in [1.165, 1.54) is 0 Å². The summed E-state index contributed by atoms with van der Waals surface area (Å²) in [6, 6.07) is 9.27. The number of ketones is 1. The Morgan fingerprint density at radius 1 is 1.50 bits per heavy atom. The van der Waals surface area contributed by atoms with Crippen LogP contribution in [0, 0.1) is 0 Å². The van der Waals surface area contributed by atoms with E-state index >= 15 is 0 Å². The first-order valence-electron chi connectivity index (χ1n) is 5.15. The molecule has 0 amide bonds. The third kappa shape index (κ3) is 3.30. The lowest BCUT2D eigenvalue weighted by atomic mass is 10.2. The lowest BCUT2D eigenvalue weighted by Gasteiger charge is -2.00. The Morgan fingerprint density at radius 2 is 2.25 bits per heavy atom. The van der Waals surface area contributed by atoms with Crippen LogP contribution in [0.1, 0.15) is 16.5 Å². The molecule has 1 rings (SSSR count). The summed E-state index contributed by atoms with van der Waals surface area (Å²) in [5, 5.41) is 0. The summed E-state index contributed by atoms with van der Waals surface area (Å²) >= 11 is 0. The molecule has 0 spiro atoms. The van der Waals surface area contributed by atoms with Crippen molar-refractivity contribution >= 4 is 5.78 Å². The van der Waals surface area contributed by atoms with Crippen LogP contribution in [0.4, 0.5) is 0 Å².